The van der Waals surface area contributed by atoms with E-state index >= 15 is 0 Å². The standard InChI is InChI=1S/C14H17BrN4O/c15-11-7-9(1-4-17-11)12-14(8-18-13(16)20-14)10-2-5-19(12)6-3-10/h1,4,7,10,12H,2-3,5-6,8H2,(H2,16,18). The van der Waals surface area contributed by atoms with E-state index in [9.17, 15) is 0 Å². The summed E-state index contributed by atoms with van der Waals surface area (Å²) in [5.74, 6) is 0.536. The third-order valence-electron chi connectivity index (χ3n) is 4.89. The van der Waals surface area contributed by atoms with Crippen LogP contribution < -0.4 is 5.73 Å². The molecule has 3 saturated heterocycles. The van der Waals surface area contributed by atoms with Crippen molar-refractivity contribution in [3.8, 4) is 0 Å². The Morgan fingerprint density at radius 1 is 1.40 bits per heavy atom. The summed E-state index contributed by atoms with van der Waals surface area (Å²) >= 11 is 3.47. The van der Waals surface area contributed by atoms with Gasteiger partial charge in [-0.3, -0.25) is 4.90 Å². The van der Waals surface area contributed by atoms with Crippen molar-refractivity contribution in [2.75, 3.05) is 19.6 Å². The number of rotatable bonds is 1. The Bertz CT molecular complexity index is 570. The van der Waals surface area contributed by atoms with Gasteiger partial charge < -0.3 is 10.5 Å². The van der Waals surface area contributed by atoms with Crippen molar-refractivity contribution < 1.29 is 4.74 Å². The zero-order chi connectivity index (χ0) is 13.7. The number of halogens is 1. The lowest BCUT2D eigenvalue weighted by Crippen LogP contribution is -2.62. The van der Waals surface area contributed by atoms with Crippen molar-refractivity contribution in [2.24, 2.45) is 16.6 Å². The summed E-state index contributed by atoms with van der Waals surface area (Å²) in [5, 5.41) is 0. The Hall–Kier alpha value is -1.14. The van der Waals surface area contributed by atoms with E-state index in [1.165, 1.54) is 18.4 Å². The van der Waals surface area contributed by atoms with Gasteiger partial charge in [0, 0.05) is 12.1 Å². The zero-order valence-corrected chi connectivity index (χ0v) is 12.7. The van der Waals surface area contributed by atoms with Crippen LogP contribution >= 0.6 is 15.9 Å². The number of piperidine rings is 3. The molecule has 4 aliphatic heterocycles. The molecule has 2 N–H and O–H groups in total. The molecule has 6 heteroatoms. The summed E-state index contributed by atoms with van der Waals surface area (Å²) < 4.78 is 6.94. The van der Waals surface area contributed by atoms with Crippen LogP contribution in [0.25, 0.3) is 0 Å². The molecule has 2 unspecified atom stereocenters. The van der Waals surface area contributed by atoms with Crippen molar-refractivity contribution in [3.05, 3.63) is 28.5 Å². The smallest absolute Gasteiger partial charge is 0.282 e. The quantitative estimate of drug-likeness (QED) is 0.793. The first kappa shape index (κ1) is 12.6. The molecule has 106 valence electrons. The highest BCUT2D eigenvalue weighted by atomic mass is 79.9. The Kier molecular flexibility index (Phi) is 2.79. The molecule has 1 spiro atoms. The number of hydrogen-bond acceptors (Lipinski definition) is 5. The fraction of sp³-hybridized carbons (Fsp3) is 0.571. The number of nitrogens with two attached hydrogens (primary N) is 1. The maximum atomic E-state index is 6.08. The fourth-order valence-corrected chi connectivity index (χ4v) is 4.46. The van der Waals surface area contributed by atoms with Crippen LogP contribution in [-0.2, 0) is 4.74 Å². The van der Waals surface area contributed by atoms with E-state index in [4.69, 9.17) is 10.5 Å². The lowest BCUT2D eigenvalue weighted by atomic mass is 9.68. The van der Waals surface area contributed by atoms with Gasteiger partial charge in [0.1, 0.15) is 4.60 Å². The van der Waals surface area contributed by atoms with Crippen molar-refractivity contribution in [2.45, 2.75) is 24.5 Å². The third kappa shape index (κ3) is 1.71. The average molecular weight is 337 g/mol. The molecule has 1 aromatic rings. The van der Waals surface area contributed by atoms with E-state index < -0.39 is 0 Å². The molecule has 0 aromatic carbocycles. The highest BCUT2D eigenvalue weighted by molar-refractivity contribution is 9.10. The highest BCUT2D eigenvalue weighted by Crippen LogP contribution is 2.51. The zero-order valence-electron chi connectivity index (χ0n) is 11.1. The van der Waals surface area contributed by atoms with Crippen molar-refractivity contribution >= 4 is 22.0 Å². The first-order valence-electron chi connectivity index (χ1n) is 7.03. The lowest BCUT2D eigenvalue weighted by molar-refractivity contribution is -0.132. The second-order valence-electron chi connectivity index (χ2n) is 5.84. The van der Waals surface area contributed by atoms with Gasteiger partial charge in [0.2, 0.25) is 0 Å². The van der Waals surface area contributed by atoms with Gasteiger partial charge in [0.25, 0.3) is 6.02 Å². The molecule has 0 amide bonds. The molecule has 0 radical (unpaired) electrons. The number of aliphatic imine (C=N–C) groups is 1. The van der Waals surface area contributed by atoms with Gasteiger partial charge >= 0.3 is 0 Å². The Morgan fingerprint density at radius 2 is 2.20 bits per heavy atom. The van der Waals surface area contributed by atoms with E-state index in [0.717, 1.165) is 17.7 Å². The average Bonchev–Trinajstić information content (AvgIpc) is 2.82. The maximum absolute atomic E-state index is 6.08. The Balaban J connectivity index is 1.79. The van der Waals surface area contributed by atoms with Crippen LogP contribution in [0.1, 0.15) is 24.4 Å². The summed E-state index contributed by atoms with van der Waals surface area (Å²) in [6.45, 7) is 2.92. The first-order valence-corrected chi connectivity index (χ1v) is 7.83. The number of amidine groups is 1. The maximum Gasteiger partial charge on any atom is 0.282 e. The van der Waals surface area contributed by atoms with E-state index in [1.54, 1.807) is 0 Å². The Morgan fingerprint density at radius 3 is 2.85 bits per heavy atom. The monoisotopic (exact) mass is 336 g/mol. The first-order chi connectivity index (χ1) is 9.69. The van der Waals surface area contributed by atoms with Crippen molar-refractivity contribution in [1.82, 2.24) is 9.88 Å². The van der Waals surface area contributed by atoms with Gasteiger partial charge in [0.05, 0.1) is 12.6 Å². The molecule has 1 aromatic heterocycles. The molecule has 5 rings (SSSR count). The number of ether oxygens (including phenoxy) is 1. The second-order valence-corrected chi connectivity index (χ2v) is 6.65. The molecule has 2 bridgehead atoms. The van der Waals surface area contributed by atoms with Gasteiger partial charge in [-0.2, -0.15) is 0 Å². The SMILES string of the molecule is NC1=NCC2(O1)C1CCN(CC1)C2c1ccnc(Br)c1. The van der Waals surface area contributed by atoms with Crippen molar-refractivity contribution in [1.29, 1.82) is 0 Å². The van der Waals surface area contributed by atoms with E-state index in [-0.39, 0.29) is 11.6 Å². The molecule has 0 aliphatic carbocycles. The van der Waals surface area contributed by atoms with Crippen molar-refractivity contribution in [3.63, 3.8) is 0 Å². The number of pyridine rings is 1. The van der Waals surface area contributed by atoms with Crippen LogP contribution in [-0.4, -0.2) is 41.1 Å². The van der Waals surface area contributed by atoms with E-state index in [0.29, 0.717) is 18.5 Å². The normalized spacial score (nSPS) is 38.9. The number of nitrogens with zero attached hydrogens (tertiary/aromatic N) is 3. The highest BCUT2D eigenvalue weighted by Gasteiger charge is 2.58. The van der Waals surface area contributed by atoms with Gasteiger partial charge in [-0.25, -0.2) is 9.98 Å². The second kappa shape index (κ2) is 4.43. The molecular formula is C14H17BrN4O. The Labute approximate surface area is 126 Å². The predicted molar refractivity (Wildman–Crippen MR) is 79.3 cm³/mol. The molecule has 3 fully saturated rings. The van der Waals surface area contributed by atoms with Crippen LogP contribution in [0.15, 0.2) is 27.9 Å². The van der Waals surface area contributed by atoms with Crippen LogP contribution in [0.4, 0.5) is 0 Å². The van der Waals surface area contributed by atoms with E-state index in [2.05, 4.69) is 42.9 Å². The molecule has 5 nitrogen and oxygen atoms in total. The summed E-state index contributed by atoms with van der Waals surface area (Å²) in [6, 6.07) is 4.73. The van der Waals surface area contributed by atoms with Gasteiger partial charge in [-0.05, 0) is 59.6 Å². The largest absolute Gasteiger partial charge is 0.454 e. The summed E-state index contributed by atoms with van der Waals surface area (Å²) in [5.41, 5.74) is 6.79. The molecular weight excluding hydrogens is 320 g/mol. The number of fused-ring (bicyclic) bond motifs is 2. The van der Waals surface area contributed by atoms with Crippen LogP contribution in [0.2, 0.25) is 0 Å². The molecule has 0 saturated carbocycles. The topological polar surface area (TPSA) is 63.7 Å². The summed E-state index contributed by atoms with van der Waals surface area (Å²) in [4.78, 5) is 11.1. The predicted octanol–water partition coefficient (Wildman–Crippen LogP) is 1.69. The summed E-state index contributed by atoms with van der Waals surface area (Å²) in [6.07, 6.45) is 4.19. The summed E-state index contributed by atoms with van der Waals surface area (Å²) in [7, 11) is 0. The van der Waals surface area contributed by atoms with E-state index in [1.807, 2.05) is 6.20 Å². The molecule has 5 heterocycles. The van der Waals surface area contributed by atoms with Crippen LogP contribution in [0, 0.1) is 5.92 Å². The molecule has 4 aliphatic rings. The minimum absolute atomic E-state index is 0.221. The number of aromatic nitrogens is 1. The van der Waals surface area contributed by atoms with Gasteiger partial charge in [-0.1, -0.05) is 0 Å². The van der Waals surface area contributed by atoms with Crippen LogP contribution in [0.3, 0.4) is 0 Å². The molecule has 2 atom stereocenters. The third-order valence-corrected chi connectivity index (χ3v) is 5.33. The fourth-order valence-electron chi connectivity index (χ4n) is 4.07. The van der Waals surface area contributed by atoms with Gasteiger partial charge in [0.15, 0.2) is 5.60 Å². The minimum Gasteiger partial charge on any atom is -0.454 e. The minimum atomic E-state index is -0.276. The molecule has 20 heavy (non-hydrogen) atoms. The van der Waals surface area contributed by atoms with Gasteiger partial charge in [-0.15, -0.1) is 0 Å². The number of hydrogen-bond donors (Lipinski definition) is 1. The lowest BCUT2D eigenvalue weighted by Gasteiger charge is -2.56. The van der Waals surface area contributed by atoms with Crippen LogP contribution in [0.5, 0.6) is 0 Å².